The van der Waals surface area contributed by atoms with Gasteiger partial charge in [-0.15, -0.1) is 0 Å². The fourth-order valence-electron chi connectivity index (χ4n) is 2.79. The Balaban J connectivity index is 2.10. The minimum Gasteiger partial charge on any atom is -0.308 e. The summed E-state index contributed by atoms with van der Waals surface area (Å²) in [6.45, 7) is 0.357. The molecule has 0 fully saturated rings. The molecule has 0 spiro atoms. The highest BCUT2D eigenvalue weighted by molar-refractivity contribution is 7.22. The molecular weight excluding hydrogens is 444 g/mol. The van der Waals surface area contributed by atoms with Crippen LogP contribution >= 0.6 is 11.3 Å². The zero-order chi connectivity index (χ0) is 23.0. The van der Waals surface area contributed by atoms with Crippen molar-refractivity contribution in [2.75, 3.05) is 32.1 Å². The first-order valence-electron chi connectivity index (χ1n) is 8.98. The molecule has 4 nitrogen and oxygen atoms in total. The average Bonchev–Trinajstić information content (AvgIpc) is 3.09. The van der Waals surface area contributed by atoms with Crippen LogP contribution in [-0.2, 0) is 12.4 Å². The number of carbonyl (C=O) groups is 1. The molecule has 0 saturated heterocycles. The predicted octanol–water partition coefficient (Wildman–Crippen LogP) is 5.54. The van der Waals surface area contributed by atoms with Crippen molar-refractivity contribution in [3.63, 3.8) is 0 Å². The molecule has 3 aromatic rings. The number of thiazole rings is 1. The van der Waals surface area contributed by atoms with Crippen LogP contribution in [0.4, 0.5) is 31.5 Å². The van der Waals surface area contributed by atoms with Crippen LogP contribution in [0, 0.1) is 0 Å². The molecule has 0 aliphatic carbocycles. The maximum Gasteiger partial charge on any atom is 0.416 e. The van der Waals surface area contributed by atoms with E-state index in [1.54, 1.807) is 43.3 Å². The van der Waals surface area contributed by atoms with Crippen LogP contribution < -0.4 is 4.90 Å². The molecule has 1 aromatic heterocycles. The molecule has 1 heterocycles. The van der Waals surface area contributed by atoms with Gasteiger partial charge < -0.3 is 4.90 Å². The molecule has 2 aromatic carbocycles. The smallest absolute Gasteiger partial charge is 0.308 e. The maximum absolute atomic E-state index is 13.2. The first-order valence-corrected chi connectivity index (χ1v) is 9.79. The largest absolute Gasteiger partial charge is 0.416 e. The highest BCUT2D eigenvalue weighted by Crippen LogP contribution is 2.37. The number of hydrogen-bond donors (Lipinski definition) is 0. The first kappa shape index (κ1) is 23.0. The van der Waals surface area contributed by atoms with Crippen LogP contribution in [0.2, 0.25) is 0 Å². The molecule has 166 valence electrons. The Kier molecular flexibility index (Phi) is 6.28. The number of benzene rings is 2. The summed E-state index contributed by atoms with van der Waals surface area (Å²) < 4.78 is 80.0. The Morgan fingerprint density at radius 1 is 0.935 bits per heavy atom. The highest BCUT2D eigenvalue weighted by atomic mass is 32.1. The van der Waals surface area contributed by atoms with Crippen molar-refractivity contribution >= 4 is 32.6 Å². The SMILES string of the molecule is CN(C)CCN(C(=O)c1cc(C(F)(F)F)cc(C(F)(F)F)c1)c1nc2ccccc2s1. The number of halogens is 6. The molecule has 11 heteroatoms. The van der Waals surface area contributed by atoms with E-state index in [9.17, 15) is 31.1 Å². The van der Waals surface area contributed by atoms with E-state index in [0.29, 0.717) is 24.2 Å². The van der Waals surface area contributed by atoms with Crippen molar-refractivity contribution in [2.45, 2.75) is 12.4 Å². The molecule has 0 saturated carbocycles. The van der Waals surface area contributed by atoms with Gasteiger partial charge in [-0.25, -0.2) is 4.98 Å². The quantitative estimate of drug-likeness (QED) is 0.468. The number of anilines is 1. The molecular formula is C20H17F6N3OS. The van der Waals surface area contributed by atoms with Crippen molar-refractivity contribution < 1.29 is 31.1 Å². The number of para-hydroxylation sites is 1. The van der Waals surface area contributed by atoms with Gasteiger partial charge in [-0.05, 0) is 44.4 Å². The van der Waals surface area contributed by atoms with Crippen LogP contribution in [0.25, 0.3) is 10.2 Å². The van der Waals surface area contributed by atoms with Gasteiger partial charge in [0.2, 0.25) is 0 Å². The van der Waals surface area contributed by atoms with Crippen molar-refractivity contribution in [3.8, 4) is 0 Å². The number of hydrogen-bond acceptors (Lipinski definition) is 4. The van der Waals surface area contributed by atoms with Gasteiger partial charge in [0.15, 0.2) is 5.13 Å². The molecule has 0 bridgehead atoms. The van der Waals surface area contributed by atoms with E-state index in [0.717, 1.165) is 20.9 Å². The van der Waals surface area contributed by atoms with Crippen LogP contribution in [-0.4, -0.2) is 43.0 Å². The summed E-state index contributed by atoms with van der Waals surface area (Å²) in [6.07, 6.45) is -10.1. The van der Waals surface area contributed by atoms with Crippen molar-refractivity contribution in [2.24, 2.45) is 0 Å². The second kappa shape index (κ2) is 8.46. The number of rotatable bonds is 5. The number of alkyl halides is 6. The lowest BCUT2D eigenvalue weighted by Gasteiger charge is -2.23. The number of aromatic nitrogens is 1. The third-order valence-corrected chi connectivity index (χ3v) is 5.42. The van der Waals surface area contributed by atoms with Gasteiger partial charge >= 0.3 is 12.4 Å². The number of nitrogens with zero attached hydrogens (tertiary/aromatic N) is 3. The zero-order valence-electron chi connectivity index (χ0n) is 16.4. The molecule has 0 atom stereocenters. The third kappa shape index (κ3) is 5.34. The number of carbonyl (C=O) groups excluding carboxylic acids is 1. The lowest BCUT2D eigenvalue weighted by atomic mass is 10.0. The standard InChI is InChI=1S/C20H17F6N3OS/c1-28(2)7-8-29(18-27-15-5-3-4-6-16(15)31-18)17(30)12-9-13(19(21,22)23)11-14(10-12)20(24,25)26/h3-6,9-11H,7-8H2,1-2H3. The van der Waals surface area contributed by atoms with Crippen molar-refractivity contribution in [1.82, 2.24) is 9.88 Å². The van der Waals surface area contributed by atoms with E-state index in [1.807, 2.05) is 0 Å². The van der Waals surface area contributed by atoms with Gasteiger partial charge in [-0.2, -0.15) is 26.3 Å². The highest BCUT2D eigenvalue weighted by Gasteiger charge is 2.38. The number of likely N-dealkylation sites (N-methyl/N-ethyl adjacent to an activating group) is 1. The zero-order valence-corrected chi connectivity index (χ0v) is 17.2. The fourth-order valence-corrected chi connectivity index (χ4v) is 3.78. The Morgan fingerprint density at radius 3 is 2.03 bits per heavy atom. The normalized spacial score (nSPS) is 12.5. The van der Waals surface area contributed by atoms with E-state index in [4.69, 9.17) is 0 Å². The van der Waals surface area contributed by atoms with Gasteiger partial charge in [0.25, 0.3) is 5.91 Å². The topological polar surface area (TPSA) is 36.4 Å². The van der Waals surface area contributed by atoms with Gasteiger partial charge in [0, 0.05) is 18.7 Å². The fraction of sp³-hybridized carbons (Fsp3) is 0.300. The molecule has 0 aliphatic rings. The van der Waals surface area contributed by atoms with E-state index >= 15 is 0 Å². The van der Waals surface area contributed by atoms with Crippen LogP contribution in [0.3, 0.4) is 0 Å². The summed E-state index contributed by atoms with van der Waals surface area (Å²) in [5.41, 5.74) is -3.21. The van der Waals surface area contributed by atoms with Gasteiger partial charge in [0.05, 0.1) is 21.3 Å². The second-order valence-corrected chi connectivity index (χ2v) is 8.03. The summed E-state index contributed by atoms with van der Waals surface area (Å²) in [5, 5.41) is 0.194. The van der Waals surface area contributed by atoms with Crippen LogP contribution in [0.5, 0.6) is 0 Å². The first-order chi connectivity index (χ1) is 14.4. The predicted molar refractivity (Wildman–Crippen MR) is 106 cm³/mol. The molecule has 0 aliphatic heterocycles. The van der Waals surface area contributed by atoms with E-state index in [1.165, 1.54) is 0 Å². The van der Waals surface area contributed by atoms with E-state index in [2.05, 4.69) is 4.98 Å². The van der Waals surface area contributed by atoms with E-state index in [-0.39, 0.29) is 17.7 Å². The van der Waals surface area contributed by atoms with Crippen LogP contribution in [0.15, 0.2) is 42.5 Å². The third-order valence-electron chi connectivity index (χ3n) is 4.36. The summed E-state index contributed by atoms with van der Waals surface area (Å²) in [4.78, 5) is 20.3. The second-order valence-electron chi connectivity index (χ2n) is 7.02. The van der Waals surface area contributed by atoms with Crippen molar-refractivity contribution in [1.29, 1.82) is 0 Å². The molecule has 31 heavy (non-hydrogen) atoms. The van der Waals surface area contributed by atoms with Crippen LogP contribution in [0.1, 0.15) is 21.5 Å². The summed E-state index contributed by atoms with van der Waals surface area (Å²) >= 11 is 1.13. The Labute approximate surface area is 177 Å². The minimum atomic E-state index is -5.04. The summed E-state index contributed by atoms with van der Waals surface area (Å²) in [6, 6.07) is 7.84. The monoisotopic (exact) mass is 461 g/mol. The van der Waals surface area contributed by atoms with E-state index < -0.39 is 35.0 Å². The summed E-state index contributed by atoms with van der Waals surface area (Å²) in [5.74, 6) is -0.988. The lowest BCUT2D eigenvalue weighted by Crippen LogP contribution is -2.37. The van der Waals surface area contributed by atoms with Gasteiger partial charge in [-0.3, -0.25) is 9.69 Å². The van der Waals surface area contributed by atoms with Gasteiger partial charge in [-0.1, -0.05) is 23.5 Å². The number of amides is 1. The Morgan fingerprint density at radius 2 is 1.52 bits per heavy atom. The Bertz CT molecular complexity index is 1030. The molecule has 1 amide bonds. The van der Waals surface area contributed by atoms with Crippen molar-refractivity contribution in [3.05, 3.63) is 59.2 Å². The average molecular weight is 461 g/mol. The molecule has 0 N–H and O–H groups in total. The minimum absolute atomic E-state index is 0.00136. The maximum atomic E-state index is 13.2. The molecule has 0 unspecified atom stereocenters. The van der Waals surface area contributed by atoms with Gasteiger partial charge in [0.1, 0.15) is 0 Å². The number of fused-ring (bicyclic) bond motifs is 1. The lowest BCUT2D eigenvalue weighted by molar-refractivity contribution is -0.143. The Hall–Kier alpha value is -2.66. The molecule has 3 rings (SSSR count). The molecule has 0 radical (unpaired) electrons. The summed E-state index contributed by atoms with van der Waals surface area (Å²) in [7, 11) is 3.46.